The summed E-state index contributed by atoms with van der Waals surface area (Å²) in [4.78, 5) is 18.7. The summed E-state index contributed by atoms with van der Waals surface area (Å²) in [7, 11) is -3.24. The van der Waals surface area contributed by atoms with Crippen molar-refractivity contribution in [1.29, 1.82) is 5.26 Å². The highest BCUT2D eigenvalue weighted by Crippen LogP contribution is 2.46. The maximum atomic E-state index is 13.1. The van der Waals surface area contributed by atoms with Crippen LogP contribution < -0.4 is 5.73 Å². The van der Waals surface area contributed by atoms with E-state index < -0.39 is 44.4 Å². The van der Waals surface area contributed by atoms with Crippen molar-refractivity contribution < 1.29 is 42.9 Å². The minimum Gasteiger partial charge on any atom is -0.387 e. The van der Waals surface area contributed by atoms with Gasteiger partial charge in [-0.05, 0) is 36.2 Å². The van der Waals surface area contributed by atoms with E-state index in [4.69, 9.17) is 29.0 Å². The summed E-state index contributed by atoms with van der Waals surface area (Å²) in [5.41, 5.74) is 6.29. The zero-order valence-electron chi connectivity index (χ0n) is 34.3. The van der Waals surface area contributed by atoms with E-state index in [1.54, 1.807) is 30.3 Å². The lowest BCUT2D eigenvalue weighted by Crippen LogP contribution is -2.43. The third kappa shape index (κ3) is 14.8. The number of aliphatic hydroxyl groups is 2. The molecule has 0 bridgehead atoms. The SMILES string of the molecule is CCCCCCCCCCCCCCCCCCOC[C@H](COP(=O)(O)OC[C@H]1O[C@@](C=NC)(c2ccc3c(N)ncnn23)[C@H](O)[C@@H]1O)OCc1cccc(C#N)c1. The molecule has 1 aromatic carbocycles. The van der Waals surface area contributed by atoms with Gasteiger partial charge in [0.1, 0.15) is 36.3 Å². The molecule has 0 aliphatic carbocycles. The topological polar surface area (TPSA) is 216 Å². The van der Waals surface area contributed by atoms with E-state index in [1.807, 2.05) is 6.07 Å². The van der Waals surface area contributed by atoms with Gasteiger partial charge in [-0.2, -0.15) is 10.4 Å². The van der Waals surface area contributed by atoms with E-state index in [0.717, 1.165) is 24.8 Å². The van der Waals surface area contributed by atoms with Crippen molar-refractivity contribution in [3.63, 3.8) is 0 Å². The van der Waals surface area contributed by atoms with Crippen molar-refractivity contribution in [2.24, 2.45) is 4.99 Å². The number of aliphatic imine (C=N–C) groups is 1. The number of phosphoric acid groups is 1. The molecule has 58 heavy (non-hydrogen) atoms. The van der Waals surface area contributed by atoms with Crippen LogP contribution in [0.4, 0.5) is 5.82 Å². The zero-order valence-corrected chi connectivity index (χ0v) is 35.2. The molecular weight excluding hydrogens is 763 g/mol. The Morgan fingerprint density at radius 3 is 2.28 bits per heavy atom. The Morgan fingerprint density at radius 2 is 1.64 bits per heavy atom. The number of unbranched alkanes of at least 4 members (excludes halogenated alkanes) is 15. The van der Waals surface area contributed by atoms with Crippen molar-refractivity contribution in [3.8, 4) is 6.07 Å². The Labute approximate surface area is 343 Å². The lowest BCUT2D eigenvalue weighted by Gasteiger charge is -2.27. The molecule has 322 valence electrons. The molecule has 3 heterocycles. The Hall–Kier alpha value is -3.29. The van der Waals surface area contributed by atoms with Crippen LogP contribution in [0.1, 0.15) is 126 Å². The third-order valence-corrected chi connectivity index (χ3v) is 11.5. The van der Waals surface area contributed by atoms with Gasteiger partial charge in [-0.25, -0.2) is 14.1 Å². The fraction of sp³-hybridized carbons (Fsp3) is 0.667. The molecule has 15 nitrogen and oxygen atoms in total. The van der Waals surface area contributed by atoms with Crippen LogP contribution in [0.3, 0.4) is 0 Å². The van der Waals surface area contributed by atoms with Gasteiger partial charge in [0.25, 0.3) is 0 Å². The van der Waals surface area contributed by atoms with Crippen LogP contribution in [0.15, 0.2) is 47.7 Å². The highest BCUT2D eigenvalue weighted by atomic mass is 31.2. The van der Waals surface area contributed by atoms with Crippen LogP contribution in [0.25, 0.3) is 5.52 Å². The van der Waals surface area contributed by atoms with Gasteiger partial charge in [-0.1, -0.05) is 115 Å². The minimum atomic E-state index is -4.72. The second-order valence-corrected chi connectivity index (χ2v) is 16.6. The number of phosphoric ester groups is 1. The van der Waals surface area contributed by atoms with Crippen molar-refractivity contribution in [1.82, 2.24) is 14.6 Å². The molecule has 0 spiro atoms. The Bertz CT molecular complexity index is 1760. The molecule has 1 fully saturated rings. The second kappa shape index (κ2) is 25.4. The molecule has 2 aromatic heterocycles. The van der Waals surface area contributed by atoms with Gasteiger partial charge in [-0.3, -0.25) is 14.0 Å². The second-order valence-electron chi connectivity index (χ2n) is 15.1. The monoisotopic (exact) mass is 828 g/mol. The number of fused-ring (bicyclic) bond motifs is 1. The maximum absolute atomic E-state index is 13.1. The first kappa shape index (κ1) is 47.4. The molecule has 6 atom stereocenters. The number of benzene rings is 1. The van der Waals surface area contributed by atoms with E-state index in [2.05, 4.69) is 28.1 Å². The van der Waals surface area contributed by atoms with E-state index in [9.17, 15) is 24.9 Å². The predicted molar refractivity (Wildman–Crippen MR) is 222 cm³/mol. The highest BCUT2D eigenvalue weighted by molar-refractivity contribution is 7.47. The van der Waals surface area contributed by atoms with Crippen molar-refractivity contribution in [3.05, 3.63) is 59.5 Å². The Kier molecular flexibility index (Phi) is 20.7. The third-order valence-electron chi connectivity index (χ3n) is 10.5. The summed E-state index contributed by atoms with van der Waals surface area (Å²) in [5, 5.41) is 35.7. The van der Waals surface area contributed by atoms with E-state index >= 15 is 0 Å². The first-order chi connectivity index (χ1) is 28.1. The molecule has 5 N–H and O–H groups in total. The largest absolute Gasteiger partial charge is 0.472 e. The number of aromatic nitrogens is 3. The van der Waals surface area contributed by atoms with Crippen LogP contribution in [0.2, 0.25) is 0 Å². The van der Waals surface area contributed by atoms with Crippen LogP contribution in [0.5, 0.6) is 0 Å². The number of hydrogen-bond acceptors (Lipinski definition) is 13. The standard InChI is InChI=1S/C42H65N6O9P/c1-3-4-5-6-7-8-9-10-11-12-13-14-15-16-17-18-24-53-28-35(54-27-34-21-19-20-33(25-34)26-43)29-55-58(51,52)56-30-37-39(49)40(50)42(57-37,31-45-2)38-23-22-36-41(44)46-32-47-48(36)38/h19-23,25,31-32,35,37,39-40,49-50H,3-18,24,27-30H2,1-2H3,(H,51,52)(H2,44,46,47)/t35-,37-,39-,40-,42+/m1/s1. The van der Waals surface area contributed by atoms with Gasteiger partial charge >= 0.3 is 7.82 Å². The number of nitrogens with zero attached hydrogens (tertiary/aromatic N) is 5. The zero-order chi connectivity index (χ0) is 41.6. The van der Waals surface area contributed by atoms with Crippen molar-refractivity contribution >= 4 is 25.4 Å². The molecule has 1 aliphatic rings. The normalized spacial score (nSPS) is 21.1. The van der Waals surface area contributed by atoms with Gasteiger partial charge in [0, 0.05) is 19.9 Å². The quantitative estimate of drug-likeness (QED) is 0.0298. The number of nitrogen functional groups attached to an aromatic ring is 1. The first-order valence-electron chi connectivity index (χ1n) is 21.0. The van der Waals surface area contributed by atoms with Crippen LogP contribution >= 0.6 is 7.82 Å². The average molecular weight is 829 g/mol. The molecule has 4 rings (SSSR count). The van der Waals surface area contributed by atoms with Gasteiger partial charge in [0.05, 0.1) is 43.8 Å². The van der Waals surface area contributed by atoms with Crippen LogP contribution in [0, 0.1) is 11.3 Å². The minimum absolute atomic E-state index is 0.103. The summed E-state index contributed by atoms with van der Waals surface area (Å²) < 4.78 is 43.2. The lowest BCUT2D eigenvalue weighted by atomic mass is 9.92. The molecule has 1 unspecified atom stereocenters. The molecule has 0 saturated carbocycles. The van der Waals surface area contributed by atoms with E-state index in [-0.39, 0.29) is 25.6 Å². The molecule has 3 aromatic rings. The fourth-order valence-electron chi connectivity index (χ4n) is 7.24. The maximum Gasteiger partial charge on any atom is 0.472 e. The summed E-state index contributed by atoms with van der Waals surface area (Å²) in [6.07, 6.45) is 18.0. The Morgan fingerprint density at radius 1 is 0.983 bits per heavy atom. The van der Waals surface area contributed by atoms with Crippen LogP contribution in [-0.4, -0.2) is 93.8 Å². The number of ether oxygens (including phenoxy) is 3. The lowest BCUT2D eigenvalue weighted by molar-refractivity contribution is -0.0626. The predicted octanol–water partition coefficient (Wildman–Crippen LogP) is 7.20. The highest BCUT2D eigenvalue weighted by Gasteiger charge is 2.56. The number of nitriles is 1. The number of rotatable bonds is 30. The number of aliphatic hydroxyl groups excluding tert-OH is 2. The van der Waals surface area contributed by atoms with E-state index in [1.165, 1.54) is 108 Å². The molecule has 0 radical (unpaired) electrons. The van der Waals surface area contributed by atoms with Gasteiger partial charge < -0.3 is 35.1 Å². The summed E-state index contributed by atoms with van der Waals surface area (Å²) in [6, 6.07) is 12.3. The summed E-state index contributed by atoms with van der Waals surface area (Å²) >= 11 is 0. The molecule has 1 saturated heterocycles. The molecule has 1 aliphatic heterocycles. The van der Waals surface area contributed by atoms with E-state index in [0.29, 0.717) is 23.4 Å². The Balaban J connectivity index is 1.20. The number of hydrogen-bond donors (Lipinski definition) is 4. The van der Waals surface area contributed by atoms with Crippen molar-refractivity contribution in [2.75, 3.05) is 39.2 Å². The van der Waals surface area contributed by atoms with Crippen molar-refractivity contribution in [2.45, 2.75) is 146 Å². The number of anilines is 1. The van der Waals surface area contributed by atoms with Gasteiger partial charge in [0.2, 0.25) is 0 Å². The molecular formula is C42H65N6O9P. The first-order valence-corrected chi connectivity index (χ1v) is 22.5. The fourth-order valence-corrected chi connectivity index (χ4v) is 8.01. The summed E-state index contributed by atoms with van der Waals surface area (Å²) in [5.74, 6) is 0.194. The smallest absolute Gasteiger partial charge is 0.387 e. The molecule has 0 amide bonds. The molecule has 16 heteroatoms. The van der Waals surface area contributed by atoms with Gasteiger partial charge in [0.15, 0.2) is 11.4 Å². The number of nitrogens with two attached hydrogens (primary N) is 1. The van der Waals surface area contributed by atoms with Crippen LogP contribution in [-0.2, 0) is 40.0 Å². The van der Waals surface area contributed by atoms with Gasteiger partial charge in [-0.15, -0.1) is 0 Å². The average Bonchev–Trinajstić information content (AvgIpc) is 3.77. The summed E-state index contributed by atoms with van der Waals surface area (Å²) in [6.45, 7) is 2.04.